The molecule has 0 aromatic carbocycles. The van der Waals surface area contributed by atoms with Crippen molar-refractivity contribution in [2.75, 3.05) is 39.6 Å². The Hall–Kier alpha value is -3.01. The number of allylic oxidation sites excluding steroid dienone is 12. The monoisotopic (exact) mass is 1350 g/mol. The summed E-state index contributed by atoms with van der Waals surface area (Å²) in [5.41, 5.74) is 0. The zero-order chi connectivity index (χ0) is 68.1. The normalized spacial score (nSPS) is 14.5. The minimum absolute atomic E-state index is 0.0991. The van der Waals surface area contributed by atoms with Gasteiger partial charge < -0.3 is 34.2 Å². The Morgan fingerprint density at radius 2 is 0.581 bits per heavy atom. The van der Waals surface area contributed by atoms with E-state index < -0.39 is 91.5 Å². The molecule has 18 heteroatoms. The minimum atomic E-state index is -4.92. The molecule has 0 bridgehead atoms. The summed E-state index contributed by atoms with van der Waals surface area (Å²) >= 11 is 0. The lowest BCUT2D eigenvalue weighted by atomic mass is 10.0. The van der Waals surface area contributed by atoms with Gasteiger partial charge in [0.15, 0.2) is 6.10 Å². The molecule has 0 saturated heterocycles. The summed E-state index contributed by atoms with van der Waals surface area (Å²) in [6.07, 6.45) is 74.1. The molecule has 0 aromatic heterocycles. The molecule has 0 saturated carbocycles. The first-order valence-electron chi connectivity index (χ1n) is 37.2. The topological polar surface area (TPSA) is 231 Å². The van der Waals surface area contributed by atoms with E-state index in [0.717, 1.165) is 109 Å². The highest BCUT2D eigenvalue weighted by atomic mass is 31.2. The molecule has 0 aliphatic rings. The first kappa shape index (κ1) is 90.0. The smallest absolute Gasteiger partial charge is 0.463 e. The largest absolute Gasteiger partial charge is 0.472 e. The first-order chi connectivity index (χ1) is 45.2. The number of esters is 3. The second-order valence-electron chi connectivity index (χ2n) is 25.1. The lowest BCUT2D eigenvalue weighted by Crippen LogP contribution is -2.30. The summed E-state index contributed by atoms with van der Waals surface area (Å²) in [6, 6.07) is 0. The molecule has 0 rings (SSSR count). The van der Waals surface area contributed by atoms with Crippen molar-refractivity contribution < 1.29 is 75.8 Å². The van der Waals surface area contributed by atoms with E-state index in [1.807, 2.05) is 0 Å². The van der Waals surface area contributed by atoms with Gasteiger partial charge in [0.2, 0.25) is 0 Å². The number of carbonyl (C=O) groups is 3. The Kier molecular flexibility index (Phi) is 66.7. The summed E-state index contributed by atoms with van der Waals surface area (Å²) in [5, 5.41) is 20.6. The number of hydrogen-bond acceptors (Lipinski definition) is 14. The second-order valence-corrected chi connectivity index (χ2v) is 28.0. The summed E-state index contributed by atoms with van der Waals surface area (Å²) in [5.74, 6) is -1.57. The zero-order valence-corrected chi connectivity index (χ0v) is 60.7. The molecule has 93 heavy (non-hydrogen) atoms. The van der Waals surface area contributed by atoms with Crippen molar-refractivity contribution >= 4 is 33.6 Å². The molecule has 0 heterocycles. The maximum atomic E-state index is 12.9. The molecule has 0 amide bonds. The second kappa shape index (κ2) is 68.9. The number of aliphatic hydroxyl groups excluding tert-OH is 2. The van der Waals surface area contributed by atoms with Crippen LogP contribution in [0.5, 0.6) is 0 Å². The van der Waals surface area contributed by atoms with Crippen LogP contribution in [0.4, 0.5) is 0 Å². The lowest BCUT2D eigenvalue weighted by molar-refractivity contribution is -0.161. The van der Waals surface area contributed by atoms with E-state index in [1.165, 1.54) is 161 Å². The molecule has 0 fully saturated rings. The minimum Gasteiger partial charge on any atom is -0.463 e. The number of hydrogen-bond donors (Lipinski definition) is 4. The highest BCUT2D eigenvalue weighted by molar-refractivity contribution is 7.47. The van der Waals surface area contributed by atoms with Crippen LogP contribution in [-0.4, -0.2) is 95.9 Å². The fourth-order valence-electron chi connectivity index (χ4n) is 10.2. The van der Waals surface area contributed by atoms with Gasteiger partial charge in [-0.25, -0.2) is 9.13 Å². The molecule has 4 N–H and O–H groups in total. The first-order valence-corrected chi connectivity index (χ1v) is 40.2. The fraction of sp³-hybridized carbons (Fsp3) is 0.800. The van der Waals surface area contributed by atoms with Gasteiger partial charge >= 0.3 is 33.6 Å². The van der Waals surface area contributed by atoms with E-state index in [9.17, 15) is 43.5 Å². The van der Waals surface area contributed by atoms with Crippen molar-refractivity contribution in [2.24, 2.45) is 0 Å². The van der Waals surface area contributed by atoms with Crippen LogP contribution in [0.1, 0.15) is 329 Å². The number of unbranched alkanes of at least 4 members (excludes halogenated alkanes) is 36. The average Bonchev–Trinajstić information content (AvgIpc) is 2.38. The Labute approximate surface area is 566 Å². The summed E-state index contributed by atoms with van der Waals surface area (Å²) in [6.45, 7) is 2.55. The molecule has 0 aliphatic heterocycles. The molecule has 0 radical (unpaired) electrons. The number of phosphoric ester groups is 2. The standard InChI is InChI=1S/C75H136O16P2/c1-4-7-10-13-16-19-22-24-26-27-28-29-30-31-32-33-34-35-36-37-38-39-40-41-43-45-47-49-52-55-58-61-73(78)85-64-70(76)65-87-92(81,82)88-66-71(77)67-89-93(83,84)90-69-72(91-75(80)63-60-57-54-51-46-21-18-15-12-9-6-3)68-86-74(79)62-59-56-53-50-48-44-42-25-23-20-17-14-11-8-5-2/h7,10,15-16,18-19,24,26,28-29,31-32,70-72,76-77H,4-6,8-9,11-14,17,20-23,25,27,30,33-69H2,1-3H3,(H,81,82)(H,83,84)/b10-7-,18-15-,19-16-,26-24-,29-28-,32-31-. The lowest BCUT2D eigenvalue weighted by Gasteiger charge is -2.21. The number of rotatable bonds is 71. The van der Waals surface area contributed by atoms with Crippen molar-refractivity contribution in [3.05, 3.63) is 72.9 Å². The number of aliphatic hydroxyl groups is 2. The third-order valence-corrected chi connectivity index (χ3v) is 17.8. The van der Waals surface area contributed by atoms with Crippen LogP contribution in [0.2, 0.25) is 0 Å². The Bertz CT molecular complexity index is 1990. The molecule has 0 aromatic rings. The maximum absolute atomic E-state index is 12.9. The summed E-state index contributed by atoms with van der Waals surface area (Å²) in [7, 11) is -9.76. The molecule has 16 nitrogen and oxygen atoms in total. The van der Waals surface area contributed by atoms with E-state index in [0.29, 0.717) is 19.3 Å². The number of carbonyl (C=O) groups excluding carboxylic acids is 3. The van der Waals surface area contributed by atoms with Gasteiger partial charge in [-0.05, 0) is 83.5 Å². The van der Waals surface area contributed by atoms with E-state index >= 15 is 0 Å². The van der Waals surface area contributed by atoms with Gasteiger partial charge in [-0.1, -0.05) is 299 Å². The number of phosphoric acid groups is 2. The Morgan fingerprint density at radius 1 is 0.312 bits per heavy atom. The van der Waals surface area contributed by atoms with Gasteiger partial charge in [0, 0.05) is 19.3 Å². The summed E-state index contributed by atoms with van der Waals surface area (Å²) < 4.78 is 60.9. The Morgan fingerprint density at radius 3 is 0.946 bits per heavy atom. The summed E-state index contributed by atoms with van der Waals surface area (Å²) in [4.78, 5) is 58.3. The molecular formula is C75H136O16P2. The van der Waals surface area contributed by atoms with Gasteiger partial charge in [0.05, 0.1) is 26.4 Å². The third kappa shape index (κ3) is 70.1. The molecule has 542 valence electrons. The van der Waals surface area contributed by atoms with Crippen molar-refractivity contribution in [1.29, 1.82) is 0 Å². The van der Waals surface area contributed by atoms with Gasteiger partial charge in [-0.2, -0.15) is 0 Å². The van der Waals surface area contributed by atoms with Crippen molar-refractivity contribution in [2.45, 2.75) is 347 Å². The van der Waals surface area contributed by atoms with Crippen LogP contribution in [0.3, 0.4) is 0 Å². The van der Waals surface area contributed by atoms with Crippen LogP contribution in [0, 0.1) is 0 Å². The predicted molar refractivity (Wildman–Crippen MR) is 381 cm³/mol. The quantitative estimate of drug-likeness (QED) is 0.0146. The molecule has 0 spiro atoms. The van der Waals surface area contributed by atoms with Crippen LogP contribution in [0.25, 0.3) is 0 Å². The maximum Gasteiger partial charge on any atom is 0.472 e. The van der Waals surface area contributed by atoms with Crippen molar-refractivity contribution in [3.8, 4) is 0 Å². The van der Waals surface area contributed by atoms with Crippen LogP contribution in [0.15, 0.2) is 72.9 Å². The SMILES string of the molecule is CC/C=C\C/C=C\C/C=C\C/C=C\C/C=C\CCCCCCCCCCCCCCCCCC(=O)OCC(O)COP(=O)(O)OCC(O)COP(=O)(O)OCC(COC(=O)CCCCCCCCCCCCCCCCC)OC(=O)CCCCCCC/C=C\CCCC. The molecular weight excluding hydrogens is 1220 g/mol. The predicted octanol–water partition coefficient (Wildman–Crippen LogP) is 21.1. The van der Waals surface area contributed by atoms with Gasteiger partial charge in [0.1, 0.15) is 25.4 Å². The van der Waals surface area contributed by atoms with E-state index in [-0.39, 0.29) is 19.3 Å². The zero-order valence-electron chi connectivity index (χ0n) is 58.9. The van der Waals surface area contributed by atoms with E-state index in [4.69, 9.17) is 32.3 Å². The molecule has 0 aliphatic carbocycles. The van der Waals surface area contributed by atoms with Gasteiger partial charge in [-0.15, -0.1) is 0 Å². The highest BCUT2D eigenvalue weighted by Gasteiger charge is 2.29. The van der Waals surface area contributed by atoms with Crippen LogP contribution in [-0.2, 0) is 55.8 Å². The van der Waals surface area contributed by atoms with E-state index in [2.05, 4.69) is 93.7 Å². The van der Waals surface area contributed by atoms with Crippen LogP contribution >= 0.6 is 15.6 Å². The fourth-order valence-corrected chi connectivity index (χ4v) is 11.8. The average molecular weight is 1360 g/mol. The third-order valence-electron chi connectivity index (χ3n) is 15.9. The van der Waals surface area contributed by atoms with Gasteiger partial charge in [-0.3, -0.25) is 32.5 Å². The van der Waals surface area contributed by atoms with Crippen LogP contribution < -0.4 is 0 Å². The van der Waals surface area contributed by atoms with Crippen molar-refractivity contribution in [1.82, 2.24) is 0 Å². The molecule has 5 atom stereocenters. The highest BCUT2D eigenvalue weighted by Crippen LogP contribution is 2.45. The number of ether oxygens (including phenoxy) is 3. The Balaban J connectivity index is 4.34. The van der Waals surface area contributed by atoms with E-state index in [1.54, 1.807) is 0 Å². The molecule has 5 unspecified atom stereocenters. The van der Waals surface area contributed by atoms with Crippen molar-refractivity contribution in [3.63, 3.8) is 0 Å². The van der Waals surface area contributed by atoms with Gasteiger partial charge in [0.25, 0.3) is 0 Å².